The van der Waals surface area contributed by atoms with Gasteiger partial charge in [0.1, 0.15) is 0 Å². The molecule has 0 aliphatic heterocycles. The lowest BCUT2D eigenvalue weighted by molar-refractivity contribution is -0.138. The molecule has 106 valence electrons. The molecule has 0 saturated carbocycles. The molecule has 0 rings (SSSR count). The third-order valence-corrected chi connectivity index (χ3v) is 3.22. The first-order valence-corrected chi connectivity index (χ1v) is 6.54. The van der Waals surface area contributed by atoms with Crippen LogP contribution >= 0.6 is 0 Å². The van der Waals surface area contributed by atoms with E-state index in [4.69, 9.17) is 5.11 Å². The third-order valence-electron chi connectivity index (χ3n) is 3.22. The maximum atomic E-state index is 11.7. The molecule has 5 heteroatoms. The molecule has 1 N–H and O–H groups in total. The van der Waals surface area contributed by atoms with Crippen molar-refractivity contribution < 1.29 is 14.7 Å². The number of carbonyl (C=O) groups is 2. The number of hydrogen-bond acceptors (Lipinski definition) is 3. The van der Waals surface area contributed by atoms with Gasteiger partial charge >= 0.3 is 5.97 Å². The first kappa shape index (κ1) is 16.9. The van der Waals surface area contributed by atoms with Crippen LogP contribution in [0.5, 0.6) is 0 Å². The van der Waals surface area contributed by atoms with Gasteiger partial charge in [-0.15, -0.1) is 0 Å². The minimum atomic E-state index is -0.872. The van der Waals surface area contributed by atoms with Crippen LogP contribution in [0.2, 0.25) is 0 Å². The zero-order valence-corrected chi connectivity index (χ0v) is 12.0. The molecule has 0 aliphatic carbocycles. The Morgan fingerprint density at radius 2 is 1.78 bits per heavy atom. The Morgan fingerprint density at radius 3 is 2.28 bits per heavy atom. The normalized spacial score (nSPS) is 12.5. The van der Waals surface area contributed by atoms with E-state index in [1.807, 2.05) is 7.05 Å². The van der Waals surface area contributed by atoms with Crippen molar-refractivity contribution in [2.75, 3.05) is 27.2 Å². The predicted octanol–water partition coefficient (Wildman–Crippen LogP) is 1.43. The van der Waals surface area contributed by atoms with Gasteiger partial charge in [0.15, 0.2) is 0 Å². The van der Waals surface area contributed by atoms with Crippen molar-refractivity contribution in [1.82, 2.24) is 9.80 Å². The molecule has 0 aliphatic rings. The van der Waals surface area contributed by atoms with Crippen molar-refractivity contribution in [2.24, 2.45) is 0 Å². The maximum absolute atomic E-state index is 11.7. The summed E-state index contributed by atoms with van der Waals surface area (Å²) in [7, 11) is 3.67. The van der Waals surface area contributed by atoms with Crippen LogP contribution in [0.25, 0.3) is 0 Å². The SMILES string of the molecule is CCCC(C)N(C)CCC(=O)N(C)CCC(=O)O. The van der Waals surface area contributed by atoms with Crippen LogP contribution in [0.3, 0.4) is 0 Å². The summed E-state index contributed by atoms with van der Waals surface area (Å²) in [5, 5.41) is 8.55. The monoisotopic (exact) mass is 258 g/mol. The van der Waals surface area contributed by atoms with E-state index in [-0.39, 0.29) is 18.9 Å². The highest BCUT2D eigenvalue weighted by Gasteiger charge is 2.13. The van der Waals surface area contributed by atoms with E-state index in [2.05, 4.69) is 18.7 Å². The Balaban J connectivity index is 3.90. The highest BCUT2D eigenvalue weighted by atomic mass is 16.4. The Kier molecular flexibility index (Phi) is 8.37. The van der Waals surface area contributed by atoms with Gasteiger partial charge in [0.2, 0.25) is 5.91 Å². The minimum absolute atomic E-state index is 0.00428. The largest absolute Gasteiger partial charge is 0.481 e. The summed E-state index contributed by atoms with van der Waals surface area (Å²) in [4.78, 5) is 25.8. The Labute approximate surface area is 110 Å². The topological polar surface area (TPSA) is 60.9 Å². The van der Waals surface area contributed by atoms with Crippen LogP contribution in [0.15, 0.2) is 0 Å². The number of carboxylic acid groups (broad SMARTS) is 1. The van der Waals surface area contributed by atoms with Crippen molar-refractivity contribution in [3.8, 4) is 0 Å². The van der Waals surface area contributed by atoms with Crippen LogP contribution < -0.4 is 0 Å². The second kappa shape index (κ2) is 8.91. The number of aliphatic carboxylic acids is 1. The lowest BCUT2D eigenvalue weighted by atomic mass is 10.1. The van der Waals surface area contributed by atoms with Crippen molar-refractivity contribution in [1.29, 1.82) is 0 Å². The van der Waals surface area contributed by atoms with Crippen LogP contribution in [0.1, 0.15) is 39.5 Å². The third kappa shape index (κ3) is 7.27. The second-order valence-electron chi connectivity index (χ2n) is 4.83. The van der Waals surface area contributed by atoms with Gasteiger partial charge < -0.3 is 14.9 Å². The molecule has 0 spiro atoms. The molecular weight excluding hydrogens is 232 g/mol. The van der Waals surface area contributed by atoms with Gasteiger partial charge in [0, 0.05) is 32.6 Å². The summed E-state index contributed by atoms with van der Waals surface area (Å²) in [6, 6.07) is 0.479. The van der Waals surface area contributed by atoms with Gasteiger partial charge in [0.05, 0.1) is 6.42 Å². The maximum Gasteiger partial charge on any atom is 0.305 e. The molecule has 0 aromatic rings. The Hall–Kier alpha value is -1.10. The molecule has 18 heavy (non-hydrogen) atoms. The van der Waals surface area contributed by atoms with Gasteiger partial charge in [0.25, 0.3) is 0 Å². The fraction of sp³-hybridized carbons (Fsp3) is 0.846. The smallest absolute Gasteiger partial charge is 0.305 e. The number of nitrogens with zero attached hydrogens (tertiary/aromatic N) is 2. The number of carboxylic acids is 1. The minimum Gasteiger partial charge on any atom is -0.481 e. The number of carbonyl (C=O) groups excluding carboxylic acids is 1. The highest BCUT2D eigenvalue weighted by Crippen LogP contribution is 2.05. The highest BCUT2D eigenvalue weighted by molar-refractivity contribution is 5.76. The second-order valence-corrected chi connectivity index (χ2v) is 4.83. The van der Waals surface area contributed by atoms with Crippen LogP contribution in [0, 0.1) is 0 Å². The fourth-order valence-electron chi connectivity index (χ4n) is 1.71. The summed E-state index contributed by atoms with van der Waals surface area (Å²) < 4.78 is 0. The first-order chi connectivity index (χ1) is 8.38. The molecule has 0 bridgehead atoms. The number of rotatable bonds is 9. The van der Waals surface area contributed by atoms with Gasteiger partial charge in [-0.3, -0.25) is 9.59 Å². The van der Waals surface area contributed by atoms with E-state index in [0.717, 1.165) is 19.4 Å². The average Bonchev–Trinajstić information content (AvgIpc) is 2.32. The summed E-state index contributed by atoms with van der Waals surface area (Å²) in [5.74, 6) is -0.866. The zero-order valence-electron chi connectivity index (χ0n) is 12.0. The molecule has 1 atom stereocenters. The van der Waals surface area contributed by atoms with Crippen molar-refractivity contribution in [3.05, 3.63) is 0 Å². The molecule has 0 aromatic carbocycles. The summed E-state index contributed by atoms with van der Waals surface area (Å²) in [6.07, 6.45) is 2.71. The Bertz CT molecular complexity index is 269. The molecule has 0 fully saturated rings. The van der Waals surface area contributed by atoms with Crippen LogP contribution in [0.4, 0.5) is 0 Å². The van der Waals surface area contributed by atoms with Crippen LogP contribution in [-0.4, -0.2) is 60.0 Å². The number of amides is 1. The van der Waals surface area contributed by atoms with Gasteiger partial charge in [-0.25, -0.2) is 0 Å². The molecule has 0 radical (unpaired) electrons. The van der Waals surface area contributed by atoms with E-state index in [1.54, 1.807) is 7.05 Å². The van der Waals surface area contributed by atoms with E-state index in [9.17, 15) is 9.59 Å². The molecule has 0 aromatic heterocycles. The van der Waals surface area contributed by atoms with Crippen molar-refractivity contribution in [2.45, 2.75) is 45.6 Å². The molecule has 5 nitrogen and oxygen atoms in total. The first-order valence-electron chi connectivity index (χ1n) is 6.54. The van der Waals surface area contributed by atoms with Gasteiger partial charge in [-0.1, -0.05) is 13.3 Å². The average molecular weight is 258 g/mol. The summed E-state index contributed by atoms with van der Waals surface area (Å²) in [5.41, 5.74) is 0. The fourth-order valence-corrected chi connectivity index (χ4v) is 1.71. The van der Waals surface area contributed by atoms with Crippen molar-refractivity contribution >= 4 is 11.9 Å². The lowest BCUT2D eigenvalue weighted by Crippen LogP contribution is -2.35. The Morgan fingerprint density at radius 1 is 1.17 bits per heavy atom. The standard InChI is InChI=1S/C13H26N2O3/c1-5-6-11(2)14(3)9-7-12(16)15(4)10-8-13(17)18/h11H,5-10H2,1-4H3,(H,17,18). The molecule has 1 amide bonds. The van der Waals surface area contributed by atoms with Gasteiger partial charge in [-0.2, -0.15) is 0 Å². The van der Waals surface area contributed by atoms with Crippen LogP contribution in [-0.2, 0) is 9.59 Å². The summed E-state index contributed by atoms with van der Waals surface area (Å²) >= 11 is 0. The van der Waals surface area contributed by atoms with E-state index in [0.29, 0.717) is 12.5 Å². The molecular formula is C13H26N2O3. The summed E-state index contributed by atoms with van der Waals surface area (Å²) in [6.45, 7) is 5.30. The molecule has 0 heterocycles. The predicted molar refractivity (Wildman–Crippen MR) is 71.5 cm³/mol. The molecule has 1 unspecified atom stereocenters. The quantitative estimate of drug-likeness (QED) is 0.679. The van der Waals surface area contributed by atoms with E-state index >= 15 is 0 Å². The number of hydrogen-bond donors (Lipinski definition) is 1. The van der Waals surface area contributed by atoms with Gasteiger partial charge in [-0.05, 0) is 20.4 Å². The van der Waals surface area contributed by atoms with E-state index in [1.165, 1.54) is 4.90 Å². The van der Waals surface area contributed by atoms with Crippen molar-refractivity contribution in [3.63, 3.8) is 0 Å². The zero-order chi connectivity index (χ0) is 14.1. The van der Waals surface area contributed by atoms with E-state index < -0.39 is 5.97 Å². The lowest BCUT2D eigenvalue weighted by Gasteiger charge is -2.25. The molecule has 0 saturated heterocycles.